The van der Waals surface area contributed by atoms with Gasteiger partial charge in [0.15, 0.2) is 0 Å². The number of benzene rings is 2. The molecule has 5 nitrogen and oxygen atoms in total. The SMILES string of the molecule is CN1CCC(c2ccc(Cc3ccccc3)cc2)CC1.O=C(O)C(=O)O. The minimum Gasteiger partial charge on any atom is -0.473 e. The molecule has 1 heterocycles. The number of hydrogen-bond donors (Lipinski definition) is 2. The minimum absolute atomic E-state index is 0.761. The van der Waals surface area contributed by atoms with E-state index in [9.17, 15) is 0 Å². The van der Waals surface area contributed by atoms with Gasteiger partial charge in [-0.1, -0.05) is 54.6 Å². The molecule has 0 saturated carbocycles. The number of carboxylic acid groups (broad SMARTS) is 2. The van der Waals surface area contributed by atoms with Gasteiger partial charge in [0, 0.05) is 0 Å². The number of carbonyl (C=O) groups is 2. The molecule has 0 bridgehead atoms. The lowest BCUT2D eigenvalue weighted by Gasteiger charge is -2.29. The van der Waals surface area contributed by atoms with Crippen LogP contribution in [0.5, 0.6) is 0 Å². The quantitative estimate of drug-likeness (QED) is 0.827. The monoisotopic (exact) mass is 355 g/mol. The average molecular weight is 355 g/mol. The third kappa shape index (κ3) is 6.33. The Labute approximate surface area is 153 Å². The Morgan fingerprint density at radius 1 is 0.885 bits per heavy atom. The highest BCUT2D eigenvalue weighted by Gasteiger charge is 2.17. The molecule has 0 radical (unpaired) electrons. The summed E-state index contributed by atoms with van der Waals surface area (Å²) in [5.74, 6) is -2.89. The molecule has 1 saturated heterocycles. The molecule has 0 atom stereocenters. The number of rotatable bonds is 3. The Kier molecular flexibility index (Phi) is 7.36. The van der Waals surface area contributed by atoms with Crippen LogP contribution in [0.4, 0.5) is 0 Å². The molecule has 0 spiro atoms. The summed E-state index contributed by atoms with van der Waals surface area (Å²) in [4.78, 5) is 20.6. The Bertz CT molecular complexity index is 693. The Balaban J connectivity index is 0.000000352. The maximum absolute atomic E-state index is 9.10. The van der Waals surface area contributed by atoms with Gasteiger partial charge in [-0.2, -0.15) is 0 Å². The van der Waals surface area contributed by atoms with E-state index in [1.54, 1.807) is 0 Å². The molecular weight excluding hydrogens is 330 g/mol. The van der Waals surface area contributed by atoms with Crippen molar-refractivity contribution in [3.8, 4) is 0 Å². The minimum atomic E-state index is -1.82. The van der Waals surface area contributed by atoms with E-state index in [1.807, 2.05) is 0 Å². The van der Waals surface area contributed by atoms with Crippen LogP contribution in [0.2, 0.25) is 0 Å². The van der Waals surface area contributed by atoms with Gasteiger partial charge in [-0.3, -0.25) is 0 Å². The molecule has 3 rings (SSSR count). The number of carboxylic acids is 2. The van der Waals surface area contributed by atoms with E-state index in [2.05, 4.69) is 66.5 Å². The van der Waals surface area contributed by atoms with E-state index in [0.717, 1.165) is 12.3 Å². The lowest BCUT2D eigenvalue weighted by molar-refractivity contribution is -0.159. The lowest BCUT2D eigenvalue weighted by atomic mass is 9.89. The van der Waals surface area contributed by atoms with Crippen molar-refractivity contribution in [3.63, 3.8) is 0 Å². The summed E-state index contributed by atoms with van der Waals surface area (Å²) in [5.41, 5.74) is 4.32. The van der Waals surface area contributed by atoms with Crippen molar-refractivity contribution in [2.75, 3.05) is 20.1 Å². The van der Waals surface area contributed by atoms with Crippen molar-refractivity contribution in [1.82, 2.24) is 4.90 Å². The topological polar surface area (TPSA) is 77.8 Å². The molecule has 0 aromatic heterocycles. The summed E-state index contributed by atoms with van der Waals surface area (Å²) < 4.78 is 0. The number of aliphatic carboxylic acids is 2. The zero-order chi connectivity index (χ0) is 18.9. The molecule has 1 aliphatic rings. The maximum atomic E-state index is 9.10. The predicted molar refractivity (Wildman–Crippen MR) is 100 cm³/mol. The van der Waals surface area contributed by atoms with Gasteiger partial charge in [0.25, 0.3) is 0 Å². The maximum Gasteiger partial charge on any atom is 0.414 e. The molecule has 1 aliphatic heterocycles. The fourth-order valence-electron chi connectivity index (χ4n) is 3.08. The van der Waals surface area contributed by atoms with Crippen LogP contribution in [0.25, 0.3) is 0 Å². The Morgan fingerprint density at radius 3 is 1.88 bits per heavy atom. The van der Waals surface area contributed by atoms with Crippen LogP contribution in [0.15, 0.2) is 54.6 Å². The van der Waals surface area contributed by atoms with Gasteiger partial charge in [-0.15, -0.1) is 0 Å². The summed E-state index contributed by atoms with van der Waals surface area (Å²) >= 11 is 0. The Hall–Kier alpha value is -2.66. The van der Waals surface area contributed by atoms with Crippen molar-refractivity contribution in [1.29, 1.82) is 0 Å². The van der Waals surface area contributed by atoms with Crippen LogP contribution in [-0.4, -0.2) is 47.2 Å². The summed E-state index contributed by atoms with van der Waals surface area (Å²) in [7, 11) is 2.22. The van der Waals surface area contributed by atoms with Crippen molar-refractivity contribution in [3.05, 3.63) is 71.3 Å². The summed E-state index contributed by atoms with van der Waals surface area (Å²) in [6, 6.07) is 20.0. The van der Waals surface area contributed by atoms with E-state index in [4.69, 9.17) is 19.8 Å². The van der Waals surface area contributed by atoms with E-state index < -0.39 is 11.9 Å². The zero-order valence-electron chi connectivity index (χ0n) is 15.0. The van der Waals surface area contributed by atoms with Crippen LogP contribution in [0, 0.1) is 0 Å². The molecular formula is C21H25NO4. The van der Waals surface area contributed by atoms with Crippen LogP contribution in [0.3, 0.4) is 0 Å². The highest BCUT2D eigenvalue weighted by atomic mass is 16.4. The van der Waals surface area contributed by atoms with Gasteiger partial charge in [0.1, 0.15) is 0 Å². The first-order chi connectivity index (χ1) is 12.5. The van der Waals surface area contributed by atoms with E-state index in [1.165, 1.54) is 42.6 Å². The first-order valence-corrected chi connectivity index (χ1v) is 8.73. The predicted octanol–water partition coefficient (Wildman–Crippen LogP) is 3.24. The average Bonchev–Trinajstić information content (AvgIpc) is 2.64. The third-order valence-corrected chi connectivity index (χ3v) is 4.60. The molecule has 138 valence electrons. The van der Waals surface area contributed by atoms with Crippen LogP contribution in [0.1, 0.15) is 35.4 Å². The van der Waals surface area contributed by atoms with Crippen molar-refractivity contribution in [2.45, 2.75) is 25.2 Å². The number of nitrogens with zero attached hydrogens (tertiary/aromatic N) is 1. The van der Waals surface area contributed by atoms with Crippen molar-refractivity contribution < 1.29 is 19.8 Å². The van der Waals surface area contributed by atoms with Gasteiger partial charge in [-0.05, 0) is 62.0 Å². The fourth-order valence-corrected chi connectivity index (χ4v) is 3.08. The molecule has 0 unspecified atom stereocenters. The molecule has 2 N–H and O–H groups in total. The first-order valence-electron chi connectivity index (χ1n) is 8.73. The Morgan fingerprint density at radius 2 is 1.38 bits per heavy atom. The van der Waals surface area contributed by atoms with Gasteiger partial charge in [-0.25, -0.2) is 9.59 Å². The first kappa shape index (κ1) is 19.7. The number of piperidine rings is 1. The van der Waals surface area contributed by atoms with Crippen molar-refractivity contribution >= 4 is 11.9 Å². The second kappa shape index (κ2) is 9.73. The summed E-state index contributed by atoms with van der Waals surface area (Å²) in [6.45, 7) is 2.47. The number of hydrogen-bond acceptors (Lipinski definition) is 3. The highest BCUT2D eigenvalue weighted by molar-refractivity contribution is 6.27. The van der Waals surface area contributed by atoms with Gasteiger partial charge in [0.2, 0.25) is 0 Å². The third-order valence-electron chi connectivity index (χ3n) is 4.60. The van der Waals surface area contributed by atoms with Gasteiger partial charge >= 0.3 is 11.9 Å². The van der Waals surface area contributed by atoms with E-state index >= 15 is 0 Å². The normalized spacial score (nSPS) is 15.0. The second-order valence-corrected chi connectivity index (χ2v) is 6.59. The molecule has 2 aromatic rings. The molecule has 0 amide bonds. The van der Waals surface area contributed by atoms with E-state index in [0.29, 0.717) is 0 Å². The van der Waals surface area contributed by atoms with Crippen molar-refractivity contribution in [2.24, 2.45) is 0 Å². The van der Waals surface area contributed by atoms with Crippen LogP contribution >= 0.6 is 0 Å². The van der Waals surface area contributed by atoms with E-state index in [-0.39, 0.29) is 0 Å². The summed E-state index contributed by atoms with van der Waals surface area (Å²) in [5, 5.41) is 14.8. The molecule has 1 fully saturated rings. The molecule has 5 heteroatoms. The smallest absolute Gasteiger partial charge is 0.414 e. The summed E-state index contributed by atoms with van der Waals surface area (Å²) in [6.07, 6.45) is 3.64. The lowest BCUT2D eigenvalue weighted by Crippen LogP contribution is -2.29. The van der Waals surface area contributed by atoms with Crippen LogP contribution in [-0.2, 0) is 16.0 Å². The zero-order valence-corrected chi connectivity index (χ0v) is 15.0. The second-order valence-electron chi connectivity index (χ2n) is 6.59. The van der Waals surface area contributed by atoms with Gasteiger partial charge < -0.3 is 15.1 Å². The number of likely N-dealkylation sites (tertiary alicyclic amines) is 1. The fraction of sp³-hybridized carbons (Fsp3) is 0.333. The highest BCUT2D eigenvalue weighted by Crippen LogP contribution is 2.27. The molecule has 26 heavy (non-hydrogen) atoms. The molecule has 0 aliphatic carbocycles. The largest absolute Gasteiger partial charge is 0.473 e. The van der Waals surface area contributed by atoms with Gasteiger partial charge in [0.05, 0.1) is 0 Å². The molecule has 2 aromatic carbocycles. The standard InChI is InChI=1S/C19H23N.C2H2O4/c1-20-13-11-19(12-14-20)18-9-7-17(8-10-18)15-16-5-3-2-4-6-16;3-1(4)2(5)6/h2-10,19H,11-15H2,1H3;(H,3,4)(H,5,6). The van der Waals surface area contributed by atoms with Crippen LogP contribution < -0.4 is 0 Å².